The second-order valence-electron chi connectivity index (χ2n) is 5.73. The lowest BCUT2D eigenvalue weighted by Crippen LogP contribution is -2.56. The molecule has 0 amide bonds. The zero-order valence-corrected chi connectivity index (χ0v) is 13.8. The van der Waals surface area contributed by atoms with Crippen molar-refractivity contribution in [1.82, 2.24) is 4.90 Å². The van der Waals surface area contributed by atoms with Gasteiger partial charge in [-0.2, -0.15) is 0 Å². The van der Waals surface area contributed by atoms with Crippen molar-refractivity contribution in [3.05, 3.63) is 22.4 Å². The van der Waals surface area contributed by atoms with Gasteiger partial charge in [-0.1, -0.05) is 32.8 Å². The smallest absolute Gasteiger partial charge is 0.0338 e. The highest BCUT2D eigenvalue weighted by atomic mass is 32.1. The molecule has 1 rings (SSSR count). The summed E-state index contributed by atoms with van der Waals surface area (Å²) >= 11 is 1.85. The van der Waals surface area contributed by atoms with Gasteiger partial charge in [0, 0.05) is 29.5 Å². The van der Waals surface area contributed by atoms with E-state index in [1.165, 1.54) is 30.6 Å². The lowest BCUT2D eigenvalue weighted by molar-refractivity contribution is 0.0377. The largest absolute Gasteiger partial charge is 0.329 e. The highest BCUT2D eigenvalue weighted by molar-refractivity contribution is 7.09. The molecule has 1 aromatic heterocycles. The summed E-state index contributed by atoms with van der Waals surface area (Å²) in [6, 6.07) is 4.91. The van der Waals surface area contributed by atoms with E-state index >= 15 is 0 Å². The van der Waals surface area contributed by atoms with E-state index in [0.29, 0.717) is 6.04 Å². The van der Waals surface area contributed by atoms with Crippen LogP contribution in [-0.2, 0) is 6.54 Å². The average molecular weight is 282 g/mol. The first kappa shape index (κ1) is 16.7. The second-order valence-corrected chi connectivity index (χ2v) is 6.76. The molecule has 0 bridgehead atoms. The van der Waals surface area contributed by atoms with Crippen LogP contribution in [0.25, 0.3) is 0 Å². The van der Waals surface area contributed by atoms with Crippen LogP contribution in [0.15, 0.2) is 17.5 Å². The number of rotatable bonds is 9. The molecule has 0 fully saturated rings. The first-order chi connectivity index (χ1) is 9.09. The van der Waals surface area contributed by atoms with Gasteiger partial charge in [-0.05, 0) is 38.1 Å². The maximum Gasteiger partial charge on any atom is 0.0338 e. The normalized spacial score (nSPS) is 12.6. The molecule has 0 saturated carbocycles. The first-order valence-corrected chi connectivity index (χ1v) is 8.46. The van der Waals surface area contributed by atoms with Crippen molar-refractivity contribution in [1.29, 1.82) is 0 Å². The summed E-state index contributed by atoms with van der Waals surface area (Å²) in [6.07, 6.45) is 4.79. The van der Waals surface area contributed by atoms with Gasteiger partial charge < -0.3 is 5.73 Å². The van der Waals surface area contributed by atoms with Crippen LogP contribution in [0.4, 0.5) is 0 Å². The van der Waals surface area contributed by atoms with Crippen LogP contribution in [0.2, 0.25) is 0 Å². The fraction of sp³-hybridized carbons (Fsp3) is 0.750. The molecule has 0 aliphatic rings. The number of hydrogen-bond acceptors (Lipinski definition) is 3. The standard InChI is InChI=1S/C16H30N2S/c1-5-9-16(13-17,10-6-2)18(14(3)4)12-15-8-7-11-19-15/h7-8,11,14H,5-6,9-10,12-13,17H2,1-4H3. The summed E-state index contributed by atoms with van der Waals surface area (Å²) in [5.74, 6) is 0. The van der Waals surface area contributed by atoms with Crippen molar-refractivity contribution in [2.24, 2.45) is 5.73 Å². The van der Waals surface area contributed by atoms with Gasteiger partial charge >= 0.3 is 0 Å². The number of nitrogens with two attached hydrogens (primary N) is 1. The Kier molecular flexibility index (Phi) is 7.05. The maximum atomic E-state index is 6.21. The van der Waals surface area contributed by atoms with Gasteiger partial charge in [-0.15, -0.1) is 11.3 Å². The molecule has 0 aromatic carbocycles. The third-order valence-corrected chi connectivity index (χ3v) is 4.81. The molecule has 0 aliphatic heterocycles. The predicted octanol–water partition coefficient (Wildman–Crippen LogP) is 4.26. The molecular weight excluding hydrogens is 252 g/mol. The summed E-state index contributed by atoms with van der Waals surface area (Å²) < 4.78 is 0. The highest BCUT2D eigenvalue weighted by Crippen LogP contribution is 2.31. The van der Waals surface area contributed by atoms with E-state index < -0.39 is 0 Å². The summed E-state index contributed by atoms with van der Waals surface area (Å²) in [4.78, 5) is 4.07. The van der Waals surface area contributed by atoms with E-state index in [9.17, 15) is 0 Å². The number of thiophene rings is 1. The van der Waals surface area contributed by atoms with Gasteiger partial charge in [-0.3, -0.25) is 4.90 Å². The van der Waals surface area contributed by atoms with Gasteiger partial charge in [0.05, 0.1) is 0 Å². The van der Waals surface area contributed by atoms with Gasteiger partial charge in [0.2, 0.25) is 0 Å². The van der Waals surface area contributed by atoms with Crippen molar-refractivity contribution in [2.75, 3.05) is 6.54 Å². The van der Waals surface area contributed by atoms with Crippen LogP contribution in [0.1, 0.15) is 58.3 Å². The van der Waals surface area contributed by atoms with Crippen molar-refractivity contribution >= 4 is 11.3 Å². The van der Waals surface area contributed by atoms with E-state index in [1.54, 1.807) is 0 Å². The van der Waals surface area contributed by atoms with E-state index in [1.807, 2.05) is 11.3 Å². The van der Waals surface area contributed by atoms with Gasteiger partial charge in [-0.25, -0.2) is 0 Å². The van der Waals surface area contributed by atoms with Crippen molar-refractivity contribution in [2.45, 2.75) is 71.5 Å². The Morgan fingerprint density at radius 1 is 1.26 bits per heavy atom. The summed E-state index contributed by atoms with van der Waals surface area (Å²) in [7, 11) is 0. The monoisotopic (exact) mass is 282 g/mol. The Bertz CT molecular complexity index is 327. The zero-order chi connectivity index (χ0) is 14.3. The minimum atomic E-state index is 0.168. The Hall–Kier alpha value is -0.380. The van der Waals surface area contributed by atoms with E-state index in [4.69, 9.17) is 5.73 Å². The van der Waals surface area contributed by atoms with Crippen LogP contribution in [0.3, 0.4) is 0 Å². The Balaban J connectivity index is 2.96. The molecule has 0 radical (unpaired) electrons. The Labute approximate surface area is 123 Å². The summed E-state index contributed by atoms with van der Waals surface area (Å²) in [5.41, 5.74) is 6.38. The molecule has 110 valence electrons. The molecule has 0 saturated heterocycles. The second kappa shape index (κ2) is 8.03. The Morgan fingerprint density at radius 2 is 1.89 bits per heavy atom. The molecule has 0 unspecified atom stereocenters. The van der Waals surface area contributed by atoms with Crippen LogP contribution >= 0.6 is 11.3 Å². The average Bonchev–Trinajstić information content (AvgIpc) is 2.88. The molecule has 2 nitrogen and oxygen atoms in total. The molecule has 0 atom stereocenters. The van der Waals surface area contributed by atoms with Gasteiger partial charge in [0.25, 0.3) is 0 Å². The number of nitrogens with zero attached hydrogens (tertiary/aromatic N) is 1. The minimum Gasteiger partial charge on any atom is -0.329 e. The topological polar surface area (TPSA) is 29.3 Å². The Morgan fingerprint density at radius 3 is 2.26 bits per heavy atom. The van der Waals surface area contributed by atoms with Crippen LogP contribution in [0.5, 0.6) is 0 Å². The maximum absolute atomic E-state index is 6.21. The molecule has 2 N–H and O–H groups in total. The molecule has 0 spiro atoms. The van der Waals surface area contributed by atoms with Crippen molar-refractivity contribution in [3.8, 4) is 0 Å². The third kappa shape index (κ3) is 4.30. The molecule has 1 aromatic rings. The lowest BCUT2D eigenvalue weighted by Gasteiger charge is -2.46. The highest BCUT2D eigenvalue weighted by Gasteiger charge is 2.35. The molecule has 19 heavy (non-hydrogen) atoms. The van der Waals surface area contributed by atoms with E-state index in [-0.39, 0.29) is 5.54 Å². The molecular formula is C16H30N2S. The SMILES string of the molecule is CCCC(CN)(CCC)N(Cc1cccs1)C(C)C. The lowest BCUT2D eigenvalue weighted by atomic mass is 9.85. The summed E-state index contributed by atoms with van der Waals surface area (Å²) in [5, 5.41) is 2.16. The van der Waals surface area contributed by atoms with Crippen LogP contribution in [-0.4, -0.2) is 23.0 Å². The van der Waals surface area contributed by atoms with Crippen LogP contribution in [0, 0.1) is 0 Å². The first-order valence-electron chi connectivity index (χ1n) is 7.58. The predicted molar refractivity (Wildman–Crippen MR) is 86.6 cm³/mol. The van der Waals surface area contributed by atoms with E-state index in [2.05, 4.69) is 50.1 Å². The van der Waals surface area contributed by atoms with E-state index in [0.717, 1.165) is 13.1 Å². The fourth-order valence-corrected chi connectivity index (χ4v) is 3.84. The van der Waals surface area contributed by atoms with Crippen molar-refractivity contribution < 1.29 is 0 Å². The quantitative estimate of drug-likeness (QED) is 0.733. The third-order valence-electron chi connectivity index (χ3n) is 3.95. The van der Waals surface area contributed by atoms with Gasteiger partial charge in [0.15, 0.2) is 0 Å². The minimum absolute atomic E-state index is 0.168. The fourth-order valence-electron chi connectivity index (χ4n) is 3.13. The van der Waals surface area contributed by atoms with Crippen molar-refractivity contribution in [3.63, 3.8) is 0 Å². The molecule has 0 aliphatic carbocycles. The molecule has 1 heterocycles. The number of hydrogen-bond donors (Lipinski definition) is 1. The summed E-state index contributed by atoms with van der Waals surface area (Å²) in [6.45, 7) is 10.9. The zero-order valence-electron chi connectivity index (χ0n) is 13.0. The van der Waals surface area contributed by atoms with Gasteiger partial charge in [0.1, 0.15) is 0 Å². The van der Waals surface area contributed by atoms with Crippen LogP contribution < -0.4 is 5.73 Å². The molecule has 3 heteroatoms.